The van der Waals surface area contributed by atoms with Crippen molar-refractivity contribution < 1.29 is 13.9 Å². The van der Waals surface area contributed by atoms with Gasteiger partial charge in [0.15, 0.2) is 11.4 Å². The van der Waals surface area contributed by atoms with Crippen LogP contribution in [0.2, 0.25) is 5.02 Å². The maximum Gasteiger partial charge on any atom is 0.226 e. The van der Waals surface area contributed by atoms with E-state index in [-0.39, 0.29) is 16.7 Å². The van der Waals surface area contributed by atoms with Gasteiger partial charge < -0.3 is 9.47 Å². The van der Waals surface area contributed by atoms with E-state index < -0.39 is 5.82 Å². The second kappa shape index (κ2) is 10.8. The Bertz CT molecular complexity index is 2180. The third-order valence-electron chi connectivity index (χ3n) is 9.60. The zero-order valence-corrected chi connectivity index (χ0v) is 26.7. The van der Waals surface area contributed by atoms with Crippen LogP contribution in [0.3, 0.4) is 0 Å². The zero-order valence-electron chi connectivity index (χ0n) is 25.1. The average molecular weight is 650 g/mol. The normalized spacial score (nSPS) is 17.8. The number of hydrogen-bond acceptors (Lipinski definition) is 7. The predicted octanol–water partition coefficient (Wildman–Crippen LogP) is 8.89. The molecule has 3 aromatic carbocycles. The Morgan fingerprint density at radius 2 is 1.96 bits per heavy atom. The molecular weight excluding hydrogens is 621 g/mol. The number of hydrogen-bond donors (Lipinski definition) is 0. The van der Waals surface area contributed by atoms with Gasteiger partial charge in [0.05, 0.1) is 33.7 Å². The largest absolute Gasteiger partial charge is 0.472 e. The highest BCUT2D eigenvalue weighted by Gasteiger charge is 2.57. The average Bonchev–Trinajstić information content (AvgIpc) is 3.71. The number of nitrogens with zero attached hydrogens (tertiary/aromatic N) is 5. The van der Waals surface area contributed by atoms with E-state index in [1.54, 1.807) is 6.07 Å². The summed E-state index contributed by atoms with van der Waals surface area (Å²) in [6.07, 6.45) is 10.3. The molecule has 230 valence electrons. The highest BCUT2D eigenvalue weighted by Crippen LogP contribution is 2.65. The molecular formula is C36H29ClFN5O2S. The summed E-state index contributed by atoms with van der Waals surface area (Å²) < 4.78 is 29.8. The van der Waals surface area contributed by atoms with E-state index >= 15 is 4.39 Å². The summed E-state index contributed by atoms with van der Waals surface area (Å²) in [5.74, 6) is 0.0941. The number of ether oxygens (including phenoxy) is 2. The third kappa shape index (κ3) is 4.21. The van der Waals surface area contributed by atoms with Crippen LogP contribution in [0.5, 0.6) is 5.88 Å². The van der Waals surface area contributed by atoms with Crippen molar-refractivity contribution >= 4 is 45.0 Å². The van der Waals surface area contributed by atoms with Crippen molar-refractivity contribution in [3.8, 4) is 28.3 Å². The van der Waals surface area contributed by atoms with Gasteiger partial charge in [0.1, 0.15) is 12.4 Å². The molecule has 6 aromatic rings. The summed E-state index contributed by atoms with van der Waals surface area (Å²) in [7, 11) is 0. The molecule has 1 spiro atoms. The van der Waals surface area contributed by atoms with E-state index in [0.717, 1.165) is 87.6 Å². The van der Waals surface area contributed by atoms with Gasteiger partial charge in [-0.2, -0.15) is 10.1 Å². The maximum atomic E-state index is 15.2. The molecule has 9 rings (SSSR count). The standard InChI is InChI=1S/C36H29ClFN5O2S/c1-46-35-41-33-29(34(42-35)45-19-20-7-3-2-4-8-20)22-12-15-39-32(30(22)36(33)13-14-36)28-23-18-40-43(26-9-5-6-16-44-26)25(23)17-21-10-11-24(38)31(37)27(21)28/h2-4,7-8,10-12,15,17-18,26H,5-6,9,13-14,16,19H2,1H3. The van der Waals surface area contributed by atoms with Crippen LogP contribution < -0.4 is 4.74 Å². The van der Waals surface area contributed by atoms with Crippen molar-refractivity contribution in [2.24, 2.45) is 0 Å². The molecule has 1 unspecified atom stereocenters. The number of fused-ring (bicyclic) bond motifs is 7. The second-order valence-corrected chi connectivity index (χ2v) is 13.4. The first-order valence-electron chi connectivity index (χ1n) is 15.6. The molecule has 1 atom stereocenters. The van der Waals surface area contributed by atoms with Gasteiger partial charge in [0.2, 0.25) is 5.88 Å². The van der Waals surface area contributed by atoms with Crippen molar-refractivity contribution in [2.75, 3.05) is 12.9 Å². The van der Waals surface area contributed by atoms with E-state index in [2.05, 4.69) is 0 Å². The summed E-state index contributed by atoms with van der Waals surface area (Å²) in [6.45, 7) is 1.09. The first-order chi connectivity index (χ1) is 22.6. The number of halogens is 2. The molecule has 1 saturated heterocycles. The van der Waals surface area contributed by atoms with Crippen LogP contribution >= 0.6 is 23.4 Å². The molecule has 4 heterocycles. The van der Waals surface area contributed by atoms with Crippen molar-refractivity contribution in [2.45, 2.75) is 55.5 Å². The fourth-order valence-electron chi connectivity index (χ4n) is 7.33. The lowest BCUT2D eigenvalue weighted by atomic mass is 9.88. The molecule has 2 fully saturated rings. The van der Waals surface area contributed by atoms with E-state index in [4.69, 9.17) is 41.1 Å². The van der Waals surface area contributed by atoms with Gasteiger partial charge in [0.25, 0.3) is 0 Å². The summed E-state index contributed by atoms with van der Waals surface area (Å²) >= 11 is 8.33. The Kier molecular flexibility index (Phi) is 6.59. The van der Waals surface area contributed by atoms with Crippen LogP contribution in [-0.4, -0.2) is 37.6 Å². The lowest BCUT2D eigenvalue weighted by molar-refractivity contribution is -0.0366. The number of rotatable bonds is 6. The highest BCUT2D eigenvalue weighted by atomic mass is 35.5. The van der Waals surface area contributed by atoms with Gasteiger partial charge in [-0.1, -0.05) is 59.8 Å². The molecule has 3 aliphatic rings. The summed E-state index contributed by atoms with van der Waals surface area (Å²) in [4.78, 5) is 15.0. The number of pyridine rings is 1. The van der Waals surface area contributed by atoms with Gasteiger partial charge >= 0.3 is 0 Å². The SMILES string of the molecule is CSc1nc(OCc2ccccc2)c2c(n1)C1(CC1)c1c-2ccnc1-c1c2cnn(C3CCCCO3)c2cc2ccc(F)c(Cl)c12. The van der Waals surface area contributed by atoms with Gasteiger partial charge in [-0.15, -0.1) is 0 Å². The molecule has 10 heteroatoms. The van der Waals surface area contributed by atoms with Gasteiger partial charge in [-0.3, -0.25) is 4.98 Å². The van der Waals surface area contributed by atoms with E-state index in [0.29, 0.717) is 29.6 Å². The highest BCUT2D eigenvalue weighted by molar-refractivity contribution is 7.98. The van der Waals surface area contributed by atoms with Crippen LogP contribution in [0.15, 0.2) is 72.1 Å². The minimum absolute atomic E-state index is 0.0761. The second-order valence-electron chi connectivity index (χ2n) is 12.2. The Morgan fingerprint density at radius 3 is 2.74 bits per heavy atom. The van der Waals surface area contributed by atoms with Crippen molar-refractivity contribution in [1.82, 2.24) is 24.7 Å². The van der Waals surface area contributed by atoms with E-state index in [9.17, 15) is 0 Å². The molecule has 0 N–H and O–H groups in total. The fraction of sp³-hybridized carbons (Fsp3) is 0.278. The molecule has 0 bridgehead atoms. The molecule has 0 radical (unpaired) electrons. The monoisotopic (exact) mass is 649 g/mol. The molecule has 0 amide bonds. The predicted molar refractivity (Wildman–Crippen MR) is 178 cm³/mol. The van der Waals surface area contributed by atoms with Gasteiger partial charge in [0, 0.05) is 34.6 Å². The Hall–Kier alpha value is -4.05. The molecule has 1 saturated carbocycles. The molecule has 1 aliphatic heterocycles. The first-order valence-corrected chi connectivity index (χ1v) is 17.2. The minimum Gasteiger partial charge on any atom is -0.472 e. The van der Waals surface area contributed by atoms with Crippen molar-refractivity contribution in [3.05, 3.63) is 94.7 Å². The van der Waals surface area contributed by atoms with Crippen LogP contribution in [0.25, 0.3) is 44.1 Å². The number of aromatic nitrogens is 5. The van der Waals surface area contributed by atoms with Crippen LogP contribution in [-0.2, 0) is 16.8 Å². The summed E-state index contributed by atoms with van der Waals surface area (Å²) in [5.41, 5.74) is 7.11. The van der Waals surface area contributed by atoms with Crippen molar-refractivity contribution in [1.29, 1.82) is 0 Å². The molecule has 3 aromatic heterocycles. The topological polar surface area (TPSA) is 75.0 Å². The summed E-state index contributed by atoms with van der Waals surface area (Å²) in [5, 5.41) is 7.89. The van der Waals surface area contributed by atoms with Gasteiger partial charge in [-0.25, -0.2) is 14.1 Å². The Morgan fingerprint density at radius 1 is 1.09 bits per heavy atom. The maximum absolute atomic E-state index is 15.2. The van der Waals surface area contributed by atoms with Crippen LogP contribution in [0.1, 0.15) is 55.2 Å². The Balaban J connectivity index is 1.29. The number of thioether (sulfide) groups is 1. The Labute approximate surface area is 274 Å². The van der Waals surface area contributed by atoms with Gasteiger partial charge in [-0.05, 0) is 78.6 Å². The lowest BCUT2D eigenvalue weighted by Gasteiger charge is -2.24. The van der Waals surface area contributed by atoms with E-state index in [1.807, 2.05) is 65.8 Å². The van der Waals surface area contributed by atoms with Crippen LogP contribution in [0.4, 0.5) is 4.39 Å². The molecule has 2 aliphatic carbocycles. The van der Waals surface area contributed by atoms with Crippen LogP contribution in [0, 0.1) is 5.82 Å². The van der Waals surface area contributed by atoms with E-state index in [1.165, 1.54) is 17.8 Å². The molecule has 46 heavy (non-hydrogen) atoms. The third-order valence-corrected chi connectivity index (χ3v) is 10.5. The fourth-order valence-corrected chi connectivity index (χ4v) is 7.95. The molecule has 7 nitrogen and oxygen atoms in total. The quantitative estimate of drug-likeness (QED) is 0.132. The minimum atomic E-state index is -0.471. The smallest absolute Gasteiger partial charge is 0.226 e. The zero-order chi connectivity index (χ0) is 31.0. The van der Waals surface area contributed by atoms with Crippen molar-refractivity contribution in [3.63, 3.8) is 0 Å². The number of benzene rings is 3. The lowest BCUT2D eigenvalue weighted by Crippen LogP contribution is -2.19. The summed E-state index contributed by atoms with van der Waals surface area (Å²) in [6, 6.07) is 17.4. The first kappa shape index (κ1) is 28.2.